The molecule has 0 amide bonds. The number of hydrogen-bond acceptors (Lipinski definition) is 2. The first kappa shape index (κ1) is 11.3. The lowest BCUT2D eigenvalue weighted by Crippen LogP contribution is -2.26. The lowest BCUT2D eigenvalue weighted by molar-refractivity contribution is 0.210. The van der Waals surface area contributed by atoms with Crippen molar-refractivity contribution in [2.75, 3.05) is 0 Å². The Hall–Kier alpha value is -1.58. The molecule has 2 aromatic carbocycles. The van der Waals surface area contributed by atoms with Crippen molar-refractivity contribution in [3.05, 3.63) is 71.3 Å². The standard InChI is InChI=1S/C16H15BNO/c1-2-6-12(7-3-1)11-18-16-14-9-5-4-8-13(14)10-15(16)19-17-18/h1-9,15-16H,10-11H2/t15-,16+/m0/s1. The molecular formula is C16H15BNO. The average molecular weight is 248 g/mol. The molecule has 0 unspecified atom stereocenters. The van der Waals surface area contributed by atoms with Crippen LogP contribution in [0.25, 0.3) is 0 Å². The van der Waals surface area contributed by atoms with Crippen molar-refractivity contribution in [3.63, 3.8) is 0 Å². The third-order valence-electron chi connectivity index (χ3n) is 4.08. The highest BCUT2D eigenvalue weighted by molar-refractivity contribution is 6.24. The Kier molecular flexibility index (Phi) is 2.68. The average Bonchev–Trinajstić information content (AvgIpc) is 3.00. The lowest BCUT2D eigenvalue weighted by Gasteiger charge is -2.22. The number of benzene rings is 2. The molecule has 2 aliphatic rings. The van der Waals surface area contributed by atoms with Gasteiger partial charge in [-0.3, -0.25) is 0 Å². The molecule has 1 fully saturated rings. The summed E-state index contributed by atoms with van der Waals surface area (Å²) in [4.78, 5) is 2.33. The predicted molar refractivity (Wildman–Crippen MR) is 75.5 cm³/mol. The lowest BCUT2D eigenvalue weighted by atomic mass is 10.0. The number of rotatable bonds is 2. The van der Waals surface area contributed by atoms with Crippen LogP contribution < -0.4 is 0 Å². The van der Waals surface area contributed by atoms with Crippen molar-refractivity contribution in [2.45, 2.75) is 25.1 Å². The minimum absolute atomic E-state index is 0.293. The van der Waals surface area contributed by atoms with Crippen molar-refractivity contribution in [2.24, 2.45) is 0 Å². The van der Waals surface area contributed by atoms with E-state index < -0.39 is 0 Å². The van der Waals surface area contributed by atoms with Crippen LogP contribution in [0.4, 0.5) is 0 Å². The smallest absolute Gasteiger partial charge is 0.399 e. The second-order valence-corrected chi connectivity index (χ2v) is 5.29. The molecule has 1 aliphatic carbocycles. The van der Waals surface area contributed by atoms with E-state index in [0.29, 0.717) is 12.1 Å². The van der Waals surface area contributed by atoms with Gasteiger partial charge in [-0.1, -0.05) is 54.6 Å². The third kappa shape index (κ3) is 1.90. The van der Waals surface area contributed by atoms with Crippen LogP contribution >= 0.6 is 0 Å². The molecule has 2 atom stereocenters. The molecule has 93 valence electrons. The summed E-state index contributed by atoms with van der Waals surface area (Å²) in [7, 11) is 1.91. The van der Waals surface area contributed by atoms with Crippen LogP contribution in [0.15, 0.2) is 54.6 Å². The van der Waals surface area contributed by atoms with E-state index >= 15 is 0 Å². The molecule has 19 heavy (non-hydrogen) atoms. The highest BCUT2D eigenvalue weighted by atomic mass is 16.5. The van der Waals surface area contributed by atoms with Crippen molar-refractivity contribution in [3.8, 4) is 0 Å². The minimum Gasteiger partial charge on any atom is -0.419 e. The van der Waals surface area contributed by atoms with Crippen molar-refractivity contribution in [1.29, 1.82) is 0 Å². The zero-order chi connectivity index (χ0) is 12.7. The first-order chi connectivity index (χ1) is 9.42. The third-order valence-corrected chi connectivity index (χ3v) is 4.08. The Morgan fingerprint density at radius 2 is 1.84 bits per heavy atom. The summed E-state index contributed by atoms with van der Waals surface area (Å²) in [5, 5.41) is 0. The summed E-state index contributed by atoms with van der Waals surface area (Å²) >= 11 is 0. The van der Waals surface area contributed by atoms with Crippen LogP contribution in [-0.4, -0.2) is 18.5 Å². The molecule has 2 aromatic rings. The fraction of sp³-hybridized carbons (Fsp3) is 0.250. The van der Waals surface area contributed by atoms with Gasteiger partial charge in [-0.05, 0) is 23.1 Å². The van der Waals surface area contributed by atoms with E-state index in [1.807, 2.05) is 7.62 Å². The van der Waals surface area contributed by atoms with E-state index in [1.54, 1.807) is 0 Å². The Labute approximate surface area is 114 Å². The van der Waals surface area contributed by atoms with Crippen molar-refractivity contribution < 1.29 is 4.65 Å². The zero-order valence-corrected chi connectivity index (χ0v) is 10.7. The van der Waals surface area contributed by atoms with Crippen LogP contribution in [0.2, 0.25) is 0 Å². The molecule has 0 N–H and O–H groups in total. The maximum absolute atomic E-state index is 5.85. The van der Waals surface area contributed by atoms with Gasteiger partial charge in [-0.25, -0.2) is 0 Å². The van der Waals surface area contributed by atoms with E-state index in [4.69, 9.17) is 4.65 Å². The van der Waals surface area contributed by atoms with Gasteiger partial charge >= 0.3 is 7.62 Å². The molecule has 0 bridgehead atoms. The Balaban J connectivity index is 1.62. The van der Waals surface area contributed by atoms with Gasteiger partial charge in [-0.15, -0.1) is 0 Å². The summed E-state index contributed by atoms with van der Waals surface area (Å²) in [6.07, 6.45) is 1.32. The molecule has 1 saturated heterocycles. The van der Waals surface area contributed by atoms with Crippen LogP contribution in [0, 0.1) is 0 Å². The molecule has 0 spiro atoms. The number of nitrogens with zero attached hydrogens (tertiary/aromatic N) is 1. The molecule has 0 aromatic heterocycles. The molecular weight excluding hydrogens is 233 g/mol. The van der Waals surface area contributed by atoms with Gasteiger partial charge in [0, 0.05) is 6.54 Å². The second-order valence-electron chi connectivity index (χ2n) is 5.29. The van der Waals surface area contributed by atoms with Crippen LogP contribution in [0.3, 0.4) is 0 Å². The van der Waals surface area contributed by atoms with Crippen molar-refractivity contribution in [1.82, 2.24) is 4.81 Å². The Morgan fingerprint density at radius 1 is 1.05 bits per heavy atom. The van der Waals surface area contributed by atoms with E-state index in [-0.39, 0.29) is 0 Å². The SMILES string of the molecule is [B]1O[C@H]2Cc3ccccc3[C@H]2N1Cc1ccccc1. The maximum atomic E-state index is 5.85. The molecule has 0 saturated carbocycles. The number of fused-ring (bicyclic) bond motifs is 3. The Bertz CT molecular complexity index is 586. The topological polar surface area (TPSA) is 12.5 Å². The van der Waals surface area contributed by atoms with E-state index in [1.165, 1.54) is 16.7 Å². The minimum atomic E-state index is 0.293. The van der Waals surface area contributed by atoms with Crippen LogP contribution in [0.5, 0.6) is 0 Å². The van der Waals surface area contributed by atoms with Gasteiger partial charge < -0.3 is 9.47 Å². The number of hydrogen-bond donors (Lipinski definition) is 0. The quantitative estimate of drug-likeness (QED) is 0.757. The fourth-order valence-electron chi connectivity index (χ4n) is 3.20. The fourth-order valence-corrected chi connectivity index (χ4v) is 3.20. The molecule has 4 rings (SSSR count). The summed E-state index contributed by atoms with van der Waals surface area (Å²) in [5.74, 6) is 0. The first-order valence-corrected chi connectivity index (χ1v) is 6.78. The molecule has 2 nitrogen and oxygen atoms in total. The molecule has 1 heterocycles. The van der Waals surface area contributed by atoms with Crippen LogP contribution in [-0.2, 0) is 17.6 Å². The van der Waals surface area contributed by atoms with Gasteiger partial charge in [0.25, 0.3) is 0 Å². The molecule has 1 radical (unpaired) electrons. The summed E-state index contributed by atoms with van der Waals surface area (Å²) in [6, 6.07) is 19.7. The van der Waals surface area contributed by atoms with Gasteiger partial charge in [0.1, 0.15) is 0 Å². The largest absolute Gasteiger partial charge is 0.419 e. The normalized spacial score (nSPS) is 24.8. The predicted octanol–water partition coefficient (Wildman–Crippen LogP) is 2.72. The highest BCUT2D eigenvalue weighted by Gasteiger charge is 2.42. The second kappa shape index (κ2) is 4.51. The van der Waals surface area contributed by atoms with Gasteiger partial charge in [0.2, 0.25) is 0 Å². The van der Waals surface area contributed by atoms with Gasteiger partial charge in [0.05, 0.1) is 12.1 Å². The first-order valence-electron chi connectivity index (χ1n) is 6.78. The maximum Gasteiger partial charge on any atom is 0.399 e. The molecule has 3 heteroatoms. The zero-order valence-electron chi connectivity index (χ0n) is 10.7. The van der Waals surface area contributed by atoms with Gasteiger partial charge in [-0.2, -0.15) is 0 Å². The van der Waals surface area contributed by atoms with Gasteiger partial charge in [0.15, 0.2) is 0 Å². The van der Waals surface area contributed by atoms with E-state index in [0.717, 1.165) is 13.0 Å². The van der Waals surface area contributed by atoms with Crippen LogP contribution in [0.1, 0.15) is 22.7 Å². The summed E-state index contributed by atoms with van der Waals surface area (Å²) in [5.41, 5.74) is 4.19. The van der Waals surface area contributed by atoms with E-state index in [2.05, 4.69) is 59.4 Å². The Morgan fingerprint density at radius 3 is 2.74 bits per heavy atom. The van der Waals surface area contributed by atoms with E-state index in [9.17, 15) is 0 Å². The molecule has 1 aliphatic heterocycles. The summed E-state index contributed by atoms with van der Waals surface area (Å²) < 4.78 is 5.85. The summed E-state index contributed by atoms with van der Waals surface area (Å²) in [6.45, 7) is 0.913. The highest BCUT2D eigenvalue weighted by Crippen LogP contribution is 2.41. The monoisotopic (exact) mass is 248 g/mol. The van der Waals surface area contributed by atoms with Crippen molar-refractivity contribution >= 4 is 7.62 Å².